The number of nitrogens with zero attached hydrogens (tertiary/aromatic N) is 1. The van der Waals surface area contributed by atoms with E-state index < -0.39 is 17.6 Å². The van der Waals surface area contributed by atoms with Crippen LogP contribution >= 0.6 is 24.0 Å². The van der Waals surface area contributed by atoms with Gasteiger partial charge in [0.25, 0.3) is 5.91 Å². The Labute approximate surface area is 188 Å². The van der Waals surface area contributed by atoms with Gasteiger partial charge in [-0.25, -0.2) is 4.79 Å². The first-order chi connectivity index (χ1) is 14.7. The summed E-state index contributed by atoms with van der Waals surface area (Å²) < 4.78 is 0.260. The van der Waals surface area contributed by atoms with E-state index in [-0.39, 0.29) is 28.0 Å². The number of carboxylic acids is 1. The van der Waals surface area contributed by atoms with E-state index in [4.69, 9.17) is 17.3 Å². The molecule has 3 rings (SSSR count). The van der Waals surface area contributed by atoms with Crippen LogP contribution in [0.1, 0.15) is 22.8 Å². The van der Waals surface area contributed by atoms with E-state index >= 15 is 0 Å². The van der Waals surface area contributed by atoms with E-state index in [0.717, 1.165) is 29.0 Å². The van der Waals surface area contributed by atoms with E-state index in [1.165, 1.54) is 17.0 Å². The first-order valence-electron chi connectivity index (χ1n) is 9.09. The topological polar surface area (TPSA) is 107 Å². The van der Waals surface area contributed by atoms with Crippen molar-refractivity contribution in [3.63, 3.8) is 0 Å². The predicted octanol–water partition coefficient (Wildman–Crippen LogP) is 3.88. The maximum Gasteiger partial charge on any atom is 0.339 e. The summed E-state index contributed by atoms with van der Waals surface area (Å²) in [6.07, 6.45) is 3.66. The maximum absolute atomic E-state index is 12.7. The van der Waals surface area contributed by atoms with E-state index in [0.29, 0.717) is 4.91 Å². The maximum atomic E-state index is 12.7. The second kappa shape index (κ2) is 9.59. The normalized spacial score (nSPS) is 15.5. The van der Waals surface area contributed by atoms with Crippen LogP contribution in [-0.2, 0) is 9.59 Å². The Bertz CT molecular complexity index is 1130. The number of carboxylic acid groups (broad SMARTS) is 1. The van der Waals surface area contributed by atoms with E-state index in [1.807, 2.05) is 43.3 Å². The number of carbonyl (C=O) groups is 3. The van der Waals surface area contributed by atoms with Crippen LogP contribution in [0, 0.1) is 0 Å². The highest BCUT2D eigenvalue weighted by Crippen LogP contribution is 2.32. The Balaban J connectivity index is 1.68. The smallest absolute Gasteiger partial charge is 0.339 e. The van der Waals surface area contributed by atoms with Gasteiger partial charge < -0.3 is 15.5 Å². The van der Waals surface area contributed by atoms with Crippen molar-refractivity contribution in [2.24, 2.45) is 0 Å². The summed E-state index contributed by atoms with van der Waals surface area (Å²) in [7, 11) is 0. The van der Waals surface area contributed by atoms with Gasteiger partial charge >= 0.3 is 5.97 Å². The number of thioether (sulfide) groups is 1. The fraction of sp³-hybridized carbons (Fsp3) is 0.0909. The van der Waals surface area contributed by atoms with Crippen molar-refractivity contribution < 1.29 is 24.6 Å². The van der Waals surface area contributed by atoms with Gasteiger partial charge in [-0.2, -0.15) is 0 Å². The minimum Gasteiger partial charge on any atom is -0.507 e. The second-order valence-electron chi connectivity index (χ2n) is 6.65. The van der Waals surface area contributed by atoms with Crippen LogP contribution in [-0.4, -0.2) is 43.8 Å². The SMILES string of the molecule is CC(=C\c1ccccc1)/C=C1/SC(=S)N(CC(=O)Nc2ccc(O)c(C(=O)O)c2)C1=O. The largest absolute Gasteiger partial charge is 0.507 e. The minimum absolute atomic E-state index is 0.183. The summed E-state index contributed by atoms with van der Waals surface area (Å²) in [4.78, 5) is 37.8. The van der Waals surface area contributed by atoms with Gasteiger partial charge in [0.15, 0.2) is 0 Å². The van der Waals surface area contributed by atoms with Crippen LogP contribution in [0.3, 0.4) is 0 Å². The summed E-state index contributed by atoms with van der Waals surface area (Å²) in [5.74, 6) is -2.65. The number of nitrogens with one attached hydrogen (secondary N) is 1. The number of rotatable bonds is 6. The molecule has 0 atom stereocenters. The molecule has 1 aliphatic rings. The van der Waals surface area contributed by atoms with Gasteiger partial charge in [0.1, 0.15) is 22.2 Å². The Hall–Kier alpha value is -3.43. The standard InChI is InChI=1S/C22H18N2O5S2/c1-13(9-14-5-3-2-4-6-14)10-18-20(27)24(22(30)31-18)12-19(26)23-15-7-8-17(25)16(11-15)21(28)29/h2-11,25H,12H2,1H3,(H,23,26)(H,28,29)/b13-9+,18-10+. The Morgan fingerprint density at radius 3 is 2.58 bits per heavy atom. The highest BCUT2D eigenvalue weighted by atomic mass is 32.2. The van der Waals surface area contributed by atoms with E-state index in [1.54, 1.807) is 6.08 Å². The third kappa shape index (κ3) is 5.59. The first-order valence-corrected chi connectivity index (χ1v) is 10.3. The summed E-state index contributed by atoms with van der Waals surface area (Å²) in [6.45, 7) is 1.56. The van der Waals surface area contributed by atoms with Crippen LogP contribution in [0.5, 0.6) is 5.75 Å². The molecule has 3 N–H and O–H groups in total. The van der Waals surface area contributed by atoms with Gasteiger partial charge in [-0.3, -0.25) is 14.5 Å². The third-order valence-corrected chi connectivity index (χ3v) is 5.62. The third-order valence-electron chi connectivity index (χ3n) is 4.24. The number of hydrogen-bond donors (Lipinski definition) is 3. The van der Waals surface area contributed by atoms with Crippen molar-refractivity contribution in [1.29, 1.82) is 0 Å². The van der Waals surface area contributed by atoms with Gasteiger partial charge in [0.05, 0.1) is 4.91 Å². The van der Waals surface area contributed by atoms with Crippen LogP contribution in [0.4, 0.5) is 5.69 Å². The zero-order valence-electron chi connectivity index (χ0n) is 16.4. The number of phenols is 1. The zero-order valence-corrected chi connectivity index (χ0v) is 18.0. The fourth-order valence-electron chi connectivity index (χ4n) is 2.83. The number of aromatic hydroxyl groups is 1. The van der Waals surface area contributed by atoms with Crippen molar-refractivity contribution >= 4 is 57.8 Å². The molecule has 2 aromatic rings. The molecule has 0 aromatic heterocycles. The molecule has 1 fully saturated rings. The zero-order chi connectivity index (χ0) is 22.5. The molecule has 2 aromatic carbocycles. The quantitative estimate of drug-likeness (QED) is 0.345. The van der Waals surface area contributed by atoms with E-state index in [2.05, 4.69) is 5.32 Å². The lowest BCUT2D eigenvalue weighted by atomic mass is 10.1. The monoisotopic (exact) mass is 454 g/mol. The molecule has 1 heterocycles. The molecule has 0 saturated carbocycles. The molecular weight excluding hydrogens is 436 g/mol. The van der Waals surface area contributed by atoms with Crippen molar-refractivity contribution in [3.8, 4) is 5.75 Å². The molecule has 2 amide bonds. The molecule has 1 saturated heterocycles. The van der Waals surface area contributed by atoms with Crippen LogP contribution in [0.2, 0.25) is 0 Å². The summed E-state index contributed by atoms with van der Waals surface area (Å²) in [5, 5.41) is 21.1. The summed E-state index contributed by atoms with van der Waals surface area (Å²) >= 11 is 6.36. The number of aromatic carboxylic acids is 1. The number of benzene rings is 2. The second-order valence-corrected chi connectivity index (χ2v) is 8.33. The van der Waals surface area contributed by atoms with Gasteiger partial charge in [0, 0.05) is 5.69 Å². The highest BCUT2D eigenvalue weighted by Gasteiger charge is 2.33. The number of thiocarbonyl (C=S) groups is 1. The lowest BCUT2D eigenvalue weighted by molar-refractivity contribution is -0.126. The van der Waals surface area contributed by atoms with Crippen LogP contribution in [0.15, 0.2) is 65.1 Å². The molecule has 7 nitrogen and oxygen atoms in total. The Morgan fingerprint density at radius 2 is 1.90 bits per heavy atom. The number of anilines is 1. The highest BCUT2D eigenvalue weighted by molar-refractivity contribution is 8.26. The lowest BCUT2D eigenvalue weighted by Crippen LogP contribution is -2.36. The number of hydrogen-bond acceptors (Lipinski definition) is 6. The predicted molar refractivity (Wildman–Crippen MR) is 124 cm³/mol. The average Bonchev–Trinajstić information content (AvgIpc) is 2.97. The molecule has 31 heavy (non-hydrogen) atoms. The van der Waals surface area contributed by atoms with Gasteiger partial charge in [-0.1, -0.05) is 60.4 Å². The molecule has 0 aliphatic carbocycles. The van der Waals surface area contributed by atoms with Crippen molar-refractivity contribution in [2.45, 2.75) is 6.92 Å². The van der Waals surface area contributed by atoms with E-state index in [9.17, 15) is 19.5 Å². The molecule has 0 bridgehead atoms. The molecular formula is C22H18N2O5S2. The molecule has 158 valence electrons. The van der Waals surface area contributed by atoms with Gasteiger partial charge in [0.2, 0.25) is 5.91 Å². The number of carbonyl (C=O) groups excluding carboxylic acids is 2. The molecule has 0 spiro atoms. The number of allylic oxidation sites excluding steroid dienone is 2. The molecule has 1 aliphatic heterocycles. The first kappa shape index (κ1) is 22.3. The van der Waals surface area contributed by atoms with Crippen molar-refractivity contribution in [2.75, 3.05) is 11.9 Å². The summed E-state index contributed by atoms with van der Waals surface area (Å²) in [6, 6.07) is 13.3. The summed E-state index contributed by atoms with van der Waals surface area (Å²) in [5.41, 5.74) is 1.71. The van der Waals surface area contributed by atoms with Gasteiger partial charge in [-0.05, 0) is 42.3 Å². The minimum atomic E-state index is -1.32. The van der Waals surface area contributed by atoms with Crippen LogP contribution in [0.25, 0.3) is 6.08 Å². The molecule has 0 unspecified atom stereocenters. The Kier molecular flexibility index (Phi) is 6.88. The lowest BCUT2D eigenvalue weighted by Gasteiger charge is -2.14. The number of amides is 2. The Morgan fingerprint density at radius 1 is 1.19 bits per heavy atom. The van der Waals surface area contributed by atoms with Crippen molar-refractivity contribution in [1.82, 2.24) is 4.90 Å². The molecule has 0 radical (unpaired) electrons. The van der Waals surface area contributed by atoms with Gasteiger partial charge in [-0.15, -0.1) is 0 Å². The fourth-order valence-corrected chi connectivity index (χ4v) is 4.13. The van der Waals surface area contributed by atoms with Crippen LogP contribution < -0.4 is 5.32 Å². The molecule has 9 heteroatoms. The average molecular weight is 455 g/mol. The van der Waals surface area contributed by atoms with Crippen molar-refractivity contribution in [3.05, 3.63) is 76.2 Å².